The van der Waals surface area contributed by atoms with Gasteiger partial charge in [0.15, 0.2) is 0 Å². The molecule has 2 aromatic rings. The maximum absolute atomic E-state index is 13.0. The van der Waals surface area contributed by atoms with E-state index < -0.39 is 0 Å². The number of hydrogen-bond donors (Lipinski definition) is 2. The van der Waals surface area contributed by atoms with E-state index in [1.54, 1.807) is 17.4 Å². The van der Waals surface area contributed by atoms with Crippen molar-refractivity contribution < 1.29 is 4.39 Å². The van der Waals surface area contributed by atoms with Crippen molar-refractivity contribution in [1.29, 1.82) is 0 Å². The van der Waals surface area contributed by atoms with E-state index >= 15 is 0 Å². The van der Waals surface area contributed by atoms with Gasteiger partial charge in [0.25, 0.3) is 0 Å². The first-order valence-corrected chi connectivity index (χ1v) is 5.80. The number of halogens is 1. The number of nitrogen functional groups attached to an aromatic ring is 1. The van der Waals surface area contributed by atoms with Crippen LogP contribution >= 0.6 is 11.3 Å². The van der Waals surface area contributed by atoms with Gasteiger partial charge in [0.1, 0.15) is 5.82 Å². The van der Waals surface area contributed by atoms with Crippen LogP contribution in [0.4, 0.5) is 15.8 Å². The van der Waals surface area contributed by atoms with E-state index in [0.717, 1.165) is 0 Å². The summed E-state index contributed by atoms with van der Waals surface area (Å²) >= 11 is 1.73. The standard InChI is InChI=1S/C12H13FN2S/c1-8-2-3-12(16-8)7-15-11-5-9(13)4-10(14)6-11/h2-6,15H,7,14H2,1H3. The van der Waals surface area contributed by atoms with Crippen molar-refractivity contribution in [3.05, 3.63) is 45.9 Å². The molecule has 0 unspecified atom stereocenters. The highest BCUT2D eigenvalue weighted by Crippen LogP contribution is 2.19. The molecule has 0 fully saturated rings. The Balaban J connectivity index is 2.04. The first kappa shape index (κ1) is 11.0. The number of rotatable bonds is 3. The van der Waals surface area contributed by atoms with Gasteiger partial charge in [-0.15, -0.1) is 11.3 Å². The highest BCUT2D eigenvalue weighted by Gasteiger charge is 2.00. The maximum Gasteiger partial charge on any atom is 0.127 e. The number of nitrogens with two attached hydrogens (primary N) is 1. The second-order valence-electron chi connectivity index (χ2n) is 3.64. The summed E-state index contributed by atoms with van der Waals surface area (Å²) in [6.07, 6.45) is 0. The normalized spacial score (nSPS) is 10.4. The maximum atomic E-state index is 13.0. The predicted molar refractivity (Wildman–Crippen MR) is 67.2 cm³/mol. The fraction of sp³-hybridized carbons (Fsp3) is 0.167. The molecule has 1 aromatic heterocycles. The number of benzene rings is 1. The molecule has 0 aliphatic carbocycles. The van der Waals surface area contributed by atoms with Crippen molar-refractivity contribution in [3.8, 4) is 0 Å². The molecule has 2 rings (SSSR count). The number of nitrogens with one attached hydrogen (secondary N) is 1. The van der Waals surface area contributed by atoms with E-state index in [4.69, 9.17) is 5.73 Å². The largest absolute Gasteiger partial charge is 0.399 e. The van der Waals surface area contributed by atoms with Gasteiger partial charge in [-0.1, -0.05) is 0 Å². The van der Waals surface area contributed by atoms with Gasteiger partial charge in [0.05, 0.1) is 0 Å². The molecule has 0 saturated heterocycles. The topological polar surface area (TPSA) is 38.0 Å². The summed E-state index contributed by atoms with van der Waals surface area (Å²) in [4.78, 5) is 2.50. The zero-order valence-corrected chi connectivity index (χ0v) is 9.77. The third-order valence-electron chi connectivity index (χ3n) is 2.18. The third kappa shape index (κ3) is 2.73. The average molecular weight is 236 g/mol. The van der Waals surface area contributed by atoms with Crippen LogP contribution in [0.25, 0.3) is 0 Å². The summed E-state index contributed by atoms with van der Waals surface area (Å²) in [6, 6.07) is 8.61. The van der Waals surface area contributed by atoms with E-state index in [1.807, 2.05) is 0 Å². The summed E-state index contributed by atoms with van der Waals surface area (Å²) in [5.41, 5.74) is 6.70. The first-order chi connectivity index (χ1) is 7.63. The van der Waals surface area contributed by atoms with Crippen molar-refractivity contribution in [2.24, 2.45) is 0 Å². The third-order valence-corrected chi connectivity index (χ3v) is 3.18. The Kier molecular flexibility index (Phi) is 3.10. The lowest BCUT2D eigenvalue weighted by molar-refractivity contribution is 0.629. The Hall–Kier alpha value is -1.55. The van der Waals surface area contributed by atoms with Gasteiger partial charge in [0.2, 0.25) is 0 Å². The van der Waals surface area contributed by atoms with Gasteiger partial charge >= 0.3 is 0 Å². The molecule has 0 aliphatic rings. The van der Waals surface area contributed by atoms with Gasteiger partial charge in [-0.3, -0.25) is 0 Å². The van der Waals surface area contributed by atoms with Gasteiger partial charge in [-0.2, -0.15) is 0 Å². The summed E-state index contributed by atoms with van der Waals surface area (Å²) < 4.78 is 13.0. The van der Waals surface area contributed by atoms with E-state index in [2.05, 4.69) is 24.4 Å². The molecule has 3 N–H and O–H groups in total. The van der Waals surface area contributed by atoms with E-state index in [0.29, 0.717) is 17.9 Å². The lowest BCUT2D eigenvalue weighted by atomic mass is 10.2. The predicted octanol–water partition coefficient (Wildman–Crippen LogP) is 3.39. The quantitative estimate of drug-likeness (QED) is 0.802. The molecule has 16 heavy (non-hydrogen) atoms. The fourth-order valence-corrected chi connectivity index (χ4v) is 2.31. The summed E-state index contributed by atoms with van der Waals surface area (Å²) in [5, 5.41) is 3.15. The van der Waals surface area contributed by atoms with Crippen molar-refractivity contribution in [1.82, 2.24) is 0 Å². The zero-order chi connectivity index (χ0) is 11.5. The molecular weight excluding hydrogens is 223 g/mol. The van der Waals surface area contributed by atoms with Crippen molar-refractivity contribution in [2.75, 3.05) is 11.1 Å². The average Bonchev–Trinajstić information content (AvgIpc) is 2.60. The van der Waals surface area contributed by atoms with Crippen LogP contribution < -0.4 is 11.1 Å². The fourth-order valence-electron chi connectivity index (χ4n) is 1.48. The van der Waals surface area contributed by atoms with Gasteiger partial charge in [-0.25, -0.2) is 4.39 Å². The van der Waals surface area contributed by atoms with E-state index in [9.17, 15) is 4.39 Å². The summed E-state index contributed by atoms with van der Waals surface area (Å²) in [6.45, 7) is 2.76. The molecule has 2 nitrogen and oxygen atoms in total. The molecular formula is C12H13FN2S. The zero-order valence-electron chi connectivity index (χ0n) is 8.96. The molecule has 0 bridgehead atoms. The minimum atomic E-state index is -0.315. The highest BCUT2D eigenvalue weighted by atomic mass is 32.1. The molecule has 0 aliphatic heterocycles. The Morgan fingerprint density at radius 2 is 2.12 bits per heavy atom. The molecule has 0 atom stereocenters. The van der Waals surface area contributed by atoms with Crippen molar-refractivity contribution >= 4 is 22.7 Å². The number of thiophene rings is 1. The van der Waals surface area contributed by atoms with Crippen LogP contribution in [-0.4, -0.2) is 0 Å². The van der Waals surface area contributed by atoms with E-state index in [1.165, 1.54) is 21.9 Å². The van der Waals surface area contributed by atoms with Crippen LogP contribution in [0.1, 0.15) is 9.75 Å². The first-order valence-electron chi connectivity index (χ1n) is 4.99. The number of hydrogen-bond acceptors (Lipinski definition) is 3. The minimum absolute atomic E-state index is 0.315. The lowest BCUT2D eigenvalue weighted by Crippen LogP contribution is -1.99. The van der Waals surface area contributed by atoms with Crippen LogP contribution in [0.2, 0.25) is 0 Å². The second kappa shape index (κ2) is 4.53. The molecule has 84 valence electrons. The molecule has 0 saturated carbocycles. The molecule has 0 amide bonds. The van der Waals surface area contributed by atoms with Crippen LogP contribution in [0.15, 0.2) is 30.3 Å². The van der Waals surface area contributed by atoms with Gasteiger partial charge in [-0.05, 0) is 37.3 Å². The lowest BCUT2D eigenvalue weighted by Gasteiger charge is -2.05. The molecule has 0 spiro atoms. The molecule has 4 heteroatoms. The Morgan fingerprint density at radius 1 is 1.31 bits per heavy atom. The molecule has 1 heterocycles. The van der Waals surface area contributed by atoms with Crippen LogP contribution in [0.3, 0.4) is 0 Å². The smallest absolute Gasteiger partial charge is 0.127 e. The second-order valence-corrected chi connectivity index (χ2v) is 5.01. The Labute approximate surface area is 97.9 Å². The minimum Gasteiger partial charge on any atom is -0.399 e. The Bertz CT molecular complexity index is 473. The highest BCUT2D eigenvalue weighted by molar-refractivity contribution is 7.11. The van der Waals surface area contributed by atoms with Crippen molar-refractivity contribution in [3.63, 3.8) is 0 Å². The molecule has 1 aromatic carbocycles. The van der Waals surface area contributed by atoms with Crippen LogP contribution in [0.5, 0.6) is 0 Å². The summed E-state index contributed by atoms with van der Waals surface area (Å²) in [5.74, 6) is -0.315. The number of aryl methyl sites for hydroxylation is 1. The van der Waals surface area contributed by atoms with Gasteiger partial charge < -0.3 is 11.1 Å². The molecule has 0 radical (unpaired) electrons. The Morgan fingerprint density at radius 3 is 2.75 bits per heavy atom. The summed E-state index contributed by atoms with van der Waals surface area (Å²) in [7, 11) is 0. The van der Waals surface area contributed by atoms with Crippen LogP contribution in [0, 0.1) is 12.7 Å². The van der Waals surface area contributed by atoms with Crippen molar-refractivity contribution in [2.45, 2.75) is 13.5 Å². The van der Waals surface area contributed by atoms with Gasteiger partial charge in [0, 0.05) is 27.7 Å². The monoisotopic (exact) mass is 236 g/mol. The van der Waals surface area contributed by atoms with Crippen LogP contribution in [-0.2, 0) is 6.54 Å². The van der Waals surface area contributed by atoms with E-state index in [-0.39, 0.29) is 5.82 Å². The SMILES string of the molecule is Cc1ccc(CNc2cc(N)cc(F)c2)s1. The number of anilines is 2.